The molecule has 1 aliphatic heterocycles. The van der Waals surface area contributed by atoms with E-state index in [0.717, 1.165) is 32.5 Å². The third-order valence-corrected chi connectivity index (χ3v) is 5.84. The van der Waals surface area contributed by atoms with Crippen LogP contribution in [0.15, 0.2) is 35.7 Å². The van der Waals surface area contributed by atoms with Gasteiger partial charge in [0.1, 0.15) is 0 Å². The van der Waals surface area contributed by atoms with Gasteiger partial charge in [-0.2, -0.15) is 0 Å². The van der Waals surface area contributed by atoms with Crippen LogP contribution in [0, 0.1) is 6.92 Å². The van der Waals surface area contributed by atoms with E-state index in [4.69, 9.17) is 4.74 Å². The van der Waals surface area contributed by atoms with E-state index < -0.39 is 0 Å². The number of thiophene rings is 1. The first-order valence-corrected chi connectivity index (χ1v) is 9.82. The molecule has 0 spiro atoms. The number of amides is 1. The maximum Gasteiger partial charge on any atom is 0.278 e. The van der Waals surface area contributed by atoms with Gasteiger partial charge in [0.05, 0.1) is 19.2 Å². The second kappa shape index (κ2) is 8.61. The molecule has 1 aliphatic rings. The summed E-state index contributed by atoms with van der Waals surface area (Å²) in [7, 11) is 1.71. The van der Waals surface area contributed by atoms with E-state index in [1.165, 1.54) is 21.6 Å². The molecule has 2 N–H and O–H groups in total. The minimum atomic E-state index is 0.0519. The molecule has 5 heteroatoms. The smallest absolute Gasteiger partial charge is 0.278 e. The van der Waals surface area contributed by atoms with Gasteiger partial charge in [-0.15, -0.1) is 11.3 Å². The standard InChI is InChI=1S/C20H26N2O2S/c1-15-6-3-4-7-16(15)20-17-9-13-25-18(17)8-11-22(20)19(23)14-21-10-5-12-24-2/h3-4,6-7,9,13,20-21H,5,8,10-12,14H2,1-2H3/p+1/t20-/m0/s1. The average molecular weight is 360 g/mol. The Bertz CT molecular complexity index is 713. The molecule has 0 radical (unpaired) electrons. The molecular formula is C20H27N2O2S+. The molecule has 0 unspecified atom stereocenters. The zero-order valence-corrected chi connectivity index (χ0v) is 15.8. The highest BCUT2D eigenvalue weighted by Crippen LogP contribution is 2.38. The van der Waals surface area contributed by atoms with Gasteiger partial charge in [0, 0.05) is 25.0 Å². The van der Waals surface area contributed by atoms with Crippen LogP contribution in [0.5, 0.6) is 0 Å². The van der Waals surface area contributed by atoms with Crippen LogP contribution < -0.4 is 5.32 Å². The lowest BCUT2D eigenvalue weighted by atomic mass is 9.90. The number of nitrogens with two attached hydrogens (primary N) is 1. The van der Waals surface area contributed by atoms with Crippen LogP contribution in [0.25, 0.3) is 0 Å². The summed E-state index contributed by atoms with van der Waals surface area (Å²) < 4.78 is 5.07. The summed E-state index contributed by atoms with van der Waals surface area (Å²) in [4.78, 5) is 16.4. The minimum absolute atomic E-state index is 0.0519. The van der Waals surface area contributed by atoms with Gasteiger partial charge in [-0.1, -0.05) is 24.3 Å². The molecule has 2 heterocycles. The Morgan fingerprint density at radius 2 is 2.16 bits per heavy atom. The topological polar surface area (TPSA) is 46.1 Å². The van der Waals surface area contributed by atoms with Crippen molar-refractivity contribution in [3.63, 3.8) is 0 Å². The number of rotatable bonds is 7. The Kier molecular flexibility index (Phi) is 6.24. The zero-order chi connectivity index (χ0) is 17.6. The van der Waals surface area contributed by atoms with Crippen LogP contribution in [0.4, 0.5) is 0 Å². The number of benzene rings is 1. The first-order chi connectivity index (χ1) is 12.2. The molecule has 0 aliphatic carbocycles. The van der Waals surface area contributed by atoms with Crippen LogP contribution in [0.1, 0.15) is 34.0 Å². The summed E-state index contributed by atoms with van der Waals surface area (Å²) in [6, 6.07) is 10.7. The number of hydrogen-bond acceptors (Lipinski definition) is 3. The molecule has 0 bridgehead atoms. The molecule has 1 aromatic carbocycles. The van der Waals surface area contributed by atoms with E-state index in [2.05, 4.69) is 52.9 Å². The van der Waals surface area contributed by atoms with Crippen LogP contribution in [-0.4, -0.2) is 44.2 Å². The number of aryl methyl sites for hydroxylation is 1. The van der Waals surface area contributed by atoms with Crippen LogP contribution in [-0.2, 0) is 16.0 Å². The van der Waals surface area contributed by atoms with Gasteiger partial charge in [0.2, 0.25) is 0 Å². The summed E-state index contributed by atoms with van der Waals surface area (Å²) in [5, 5.41) is 4.25. The Balaban J connectivity index is 1.78. The Labute approximate surface area is 153 Å². The third kappa shape index (κ3) is 4.11. The molecular weight excluding hydrogens is 332 g/mol. The van der Waals surface area contributed by atoms with Crippen molar-refractivity contribution < 1.29 is 14.8 Å². The van der Waals surface area contributed by atoms with Crippen molar-refractivity contribution in [3.05, 3.63) is 57.3 Å². The maximum atomic E-state index is 12.9. The molecule has 4 nitrogen and oxygen atoms in total. The molecule has 0 saturated heterocycles. The number of ether oxygens (including phenoxy) is 1. The van der Waals surface area contributed by atoms with Crippen molar-refractivity contribution >= 4 is 17.2 Å². The molecule has 1 amide bonds. The van der Waals surface area contributed by atoms with E-state index in [1.54, 1.807) is 7.11 Å². The van der Waals surface area contributed by atoms with Crippen molar-refractivity contribution in [3.8, 4) is 0 Å². The number of nitrogens with zero attached hydrogens (tertiary/aromatic N) is 1. The zero-order valence-electron chi connectivity index (χ0n) is 15.0. The van der Waals surface area contributed by atoms with Gasteiger partial charge in [-0.25, -0.2) is 0 Å². The Morgan fingerprint density at radius 3 is 2.96 bits per heavy atom. The van der Waals surface area contributed by atoms with Crippen molar-refractivity contribution in [1.29, 1.82) is 0 Å². The summed E-state index contributed by atoms with van der Waals surface area (Å²) in [5.41, 5.74) is 3.79. The molecule has 3 rings (SSSR count). The van der Waals surface area contributed by atoms with Crippen molar-refractivity contribution in [2.45, 2.75) is 25.8 Å². The van der Waals surface area contributed by atoms with Crippen molar-refractivity contribution in [2.24, 2.45) is 0 Å². The van der Waals surface area contributed by atoms with Crippen molar-refractivity contribution in [2.75, 3.05) is 33.4 Å². The number of quaternary nitrogens is 1. The highest BCUT2D eigenvalue weighted by molar-refractivity contribution is 7.10. The summed E-state index contributed by atoms with van der Waals surface area (Å²) >= 11 is 1.81. The van der Waals surface area contributed by atoms with Gasteiger partial charge < -0.3 is 15.0 Å². The van der Waals surface area contributed by atoms with E-state index in [9.17, 15) is 4.79 Å². The largest absolute Gasteiger partial charge is 0.384 e. The van der Waals surface area contributed by atoms with Crippen LogP contribution in [0.2, 0.25) is 0 Å². The minimum Gasteiger partial charge on any atom is -0.384 e. The molecule has 0 fully saturated rings. The number of carbonyl (C=O) groups excluding carboxylic acids is 1. The SMILES string of the molecule is COCCC[NH2+]CC(=O)N1CCc2sccc2[C@@H]1c1ccccc1C. The van der Waals surface area contributed by atoms with Gasteiger partial charge in [0.25, 0.3) is 5.91 Å². The van der Waals surface area contributed by atoms with E-state index in [1.807, 2.05) is 11.3 Å². The number of carbonyl (C=O) groups is 1. The van der Waals surface area contributed by atoms with Gasteiger partial charge in [-0.3, -0.25) is 4.79 Å². The molecule has 0 saturated carbocycles. The first kappa shape index (κ1) is 18.1. The van der Waals surface area contributed by atoms with Gasteiger partial charge in [0.15, 0.2) is 6.54 Å². The second-order valence-corrected chi connectivity index (χ2v) is 7.52. The quantitative estimate of drug-likeness (QED) is 0.770. The average Bonchev–Trinajstić information content (AvgIpc) is 3.10. The highest BCUT2D eigenvalue weighted by Gasteiger charge is 2.33. The molecule has 1 aromatic heterocycles. The lowest BCUT2D eigenvalue weighted by Gasteiger charge is -2.36. The predicted molar refractivity (Wildman–Crippen MR) is 101 cm³/mol. The van der Waals surface area contributed by atoms with E-state index in [0.29, 0.717) is 6.54 Å². The van der Waals surface area contributed by atoms with Crippen molar-refractivity contribution in [1.82, 2.24) is 4.90 Å². The number of methoxy groups -OCH3 is 1. The summed E-state index contributed by atoms with van der Waals surface area (Å²) in [6.07, 6.45) is 1.93. The molecule has 134 valence electrons. The lowest BCUT2D eigenvalue weighted by Crippen LogP contribution is -2.87. The summed E-state index contributed by atoms with van der Waals surface area (Å²) in [5.74, 6) is 0.225. The fraction of sp³-hybridized carbons (Fsp3) is 0.450. The fourth-order valence-electron chi connectivity index (χ4n) is 3.53. The fourth-order valence-corrected chi connectivity index (χ4v) is 4.43. The summed E-state index contributed by atoms with van der Waals surface area (Å²) in [6.45, 7) is 5.11. The number of fused-ring (bicyclic) bond motifs is 1. The Hall–Kier alpha value is -1.69. The molecule has 25 heavy (non-hydrogen) atoms. The first-order valence-electron chi connectivity index (χ1n) is 8.94. The lowest BCUT2D eigenvalue weighted by molar-refractivity contribution is -0.645. The second-order valence-electron chi connectivity index (χ2n) is 6.52. The third-order valence-electron chi connectivity index (χ3n) is 4.84. The monoisotopic (exact) mass is 359 g/mol. The highest BCUT2D eigenvalue weighted by atomic mass is 32.1. The number of hydrogen-bond donors (Lipinski definition) is 1. The van der Waals surface area contributed by atoms with Crippen LogP contribution >= 0.6 is 11.3 Å². The normalized spacial score (nSPS) is 16.7. The molecule has 2 aromatic rings. The van der Waals surface area contributed by atoms with Crippen LogP contribution in [0.3, 0.4) is 0 Å². The van der Waals surface area contributed by atoms with E-state index in [-0.39, 0.29) is 11.9 Å². The predicted octanol–water partition coefficient (Wildman–Crippen LogP) is 2.13. The Morgan fingerprint density at radius 1 is 1.32 bits per heavy atom. The maximum absolute atomic E-state index is 12.9. The molecule has 1 atom stereocenters. The van der Waals surface area contributed by atoms with E-state index >= 15 is 0 Å². The van der Waals surface area contributed by atoms with Gasteiger partial charge >= 0.3 is 0 Å². The van der Waals surface area contributed by atoms with Gasteiger partial charge in [-0.05, 0) is 41.5 Å².